The number of aryl methyl sites for hydroxylation is 1. The number of hydrogen-bond donors (Lipinski definition) is 1. The number of para-hydroxylation sites is 2. The van der Waals surface area contributed by atoms with E-state index in [4.69, 9.17) is 4.74 Å². The molecule has 0 radical (unpaired) electrons. The van der Waals surface area contributed by atoms with Gasteiger partial charge in [-0.2, -0.15) is 4.98 Å². The highest BCUT2D eigenvalue weighted by Gasteiger charge is 2.01. The number of rotatable bonds is 6. The number of anilines is 1. The highest BCUT2D eigenvalue weighted by atomic mass is 16.5. The van der Waals surface area contributed by atoms with Gasteiger partial charge in [0.25, 0.3) is 0 Å². The van der Waals surface area contributed by atoms with Gasteiger partial charge >= 0.3 is 0 Å². The average molecular weight is 283 g/mol. The Hall–Kier alpha value is -2.63. The summed E-state index contributed by atoms with van der Waals surface area (Å²) in [6.07, 6.45) is 4.52. The number of hydrogen-bond acceptors (Lipinski definition) is 5. The van der Waals surface area contributed by atoms with Crippen LogP contribution in [0, 0.1) is 0 Å². The highest BCUT2D eigenvalue weighted by molar-refractivity contribution is 5.74. The molecule has 6 nitrogen and oxygen atoms in total. The molecule has 0 aliphatic carbocycles. The van der Waals surface area contributed by atoms with E-state index >= 15 is 0 Å². The van der Waals surface area contributed by atoms with Crippen LogP contribution >= 0.6 is 0 Å². The van der Waals surface area contributed by atoms with E-state index in [9.17, 15) is 0 Å². The van der Waals surface area contributed by atoms with Gasteiger partial charge in [-0.15, -0.1) is 0 Å². The van der Waals surface area contributed by atoms with Gasteiger partial charge in [0.1, 0.15) is 0 Å². The van der Waals surface area contributed by atoms with Gasteiger partial charge < -0.3 is 14.6 Å². The number of aromatic nitrogens is 4. The minimum absolute atomic E-state index is 0.563. The van der Waals surface area contributed by atoms with Crippen molar-refractivity contribution >= 4 is 17.0 Å². The molecule has 0 amide bonds. The zero-order valence-electron chi connectivity index (χ0n) is 11.9. The molecular weight excluding hydrogens is 266 g/mol. The van der Waals surface area contributed by atoms with E-state index in [-0.39, 0.29) is 0 Å². The maximum absolute atomic E-state index is 5.06. The molecule has 3 rings (SSSR count). The number of benzene rings is 1. The summed E-state index contributed by atoms with van der Waals surface area (Å²) in [6, 6.07) is 9.86. The molecule has 0 atom stereocenters. The summed E-state index contributed by atoms with van der Waals surface area (Å²) in [5.74, 6) is 1.15. The maximum Gasteiger partial charge on any atom is 0.225 e. The van der Waals surface area contributed by atoms with Crippen LogP contribution in [0.2, 0.25) is 0 Å². The van der Waals surface area contributed by atoms with Crippen molar-refractivity contribution in [2.75, 3.05) is 19.0 Å². The fourth-order valence-corrected chi connectivity index (χ4v) is 2.18. The molecule has 2 heterocycles. The molecular formula is C15H17N5O. The Morgan fingerprint density at radius 1 is 1.19 bits per heavy atom. The molecule has 2 aromatic heterocycles. The van der Waals surface area contributed by atoms with Crippen molar-refractivity contribution in [3.63, 3.8) is 0 Å². The van der Waals surface area contributed by atoms with Gasteiger partial charge in [-0.25, -0.2) is 9.97 Å². The first-order chi connectivity index (χ1) is 10.4. The second-order valence-corrected chi connectivity index (χ2v) is 4.63. The Labute approximate surface area is 122 Å². The summed E-state index contributed by atoms with van der Waals surface area (Å²) < 4.78 is 7.22. The topological polar surface area (TPSA) is 64.9 Å². The fraction of sp³-hybridized carbons (Fsp3) is 0.267. The zero-order chi connectivity index (χ0) is 14.5. The van der Waals surface area contributed by atoms with Gasteiger partial charge in [-0.05, 0) is 18.6 Å². The van der Waals surface area contributed by atoms with Crippen LogP contribution in [0.4, 0.5) is 5.95 Å². The minimum atomic E-state index is 0.563. The van der Waals surface area contributed by atoms with Crippen LogP contribution in [-0.4, -0.2) is 33.2 Å². The lowest BCUT2D eigenvalue weighted by molar-refractivity contribution is 0.397. The van der Waals surface area contributed by atoms with E-state index in [0.717, 1.165) is 30.5 Å². The van der Waals surface area contributed by atoms with Crippen LogP contribution in [0.3, 0.4) is 0 Å². The summed E-state index contributed by atoms with van der Waals surface area (Å²) in [4.78, 5) is 12.7. The molecule has 1 aromatic carbocycles. The Morgan fingerprint density at radius 3 is 3.00 bits per heavy atom. The van der Waals surface area contributed by atoms with E-state index < -0.39 is 0 Å². The van der Waals surface area contributed by atoms with Crippen LogP contribution in [0.1, 0.15) is 6.42 Å². The standard InChI is InChI=1S/C15H17N5O/c1-21-14-7-9-17-15(19-14)16-8-4-10-20-11-18-12-5-2-3-6-13(12)20/h2-3,5-7,9,11H,4,8,10H2,1H3,(H,16,17,19). The maximum atomic E-state index is 5.06. The molecule has 3 aromatic rings. The number of nitrogens with one attached hydrogen (secondary N) is 1. The molecule has 0 unspecified atom stereocenters. The first kappa shape index (κ1) is 13.4. The smallest absolute Gasteiger partial charge is 0.225 e. The van der Waals surface area contributed by atoms with Gasteiger partial charge in [0.2, 0.25) is 11.8 Å². The molecule has 0 saturated carbocycles. The predicted molar refractivity (Wildman–Crippen MR) is 81.4 cm³/mol. The van der Waals surface area contributed by atoms with Crippen LogP contribution in [0.15, 0.2) is 42.9 Å². The third kappa shape index (κ3) is 3.10. The molecule has 0 aliphatic rings. The molecule has 0 fully saturated rings. The van der Waals surface area contributed by atoms with Crippen molar-refractivity contribution < 1.29 is 4.74 Å². The van der Waals surface area contributed by atoms with Crippen molar-refractivity contribution in [1.29, 1.82) is 0 Å². The quantitative estimate of drug-likeness (QED) is 0.703. The normalized spacial score (nSPS) is 10.7. The molecule has 6 heteroatoms. The third-order valence-corrected chi connectivity index (χ3v) is 3.23. The summed E-state index contributed by atoms with van der Waals surface area (Å²) in [6.45, 7) is 1.69. The van der Waals surface area contributed by atoms with Gasteiger partial charge in [0.05, 0.1) is 24.5 Å². The number of methoxy groups -OCH3 is 1. The molecule has 0 saturated heterocycles. The molecule has 0 bridgehead atoms. The lowest BCUT2D eigenvalue weighted by Gasteiger charge is -2.07. The first-order valence-electron chi connectivity index (χ1n) is 6.87. The molecule has 0 aliphatic heterocycles. The van der Waals surface area contributed by atoms with Crippen LogP contribution < -0.4 is 10.1 Å². The van der Waals surface area contributed by atoms with E-state index in [1.807, 2.05) is 24.5 Å². The van der Waals surface area contributed by atoms with E-state index in [1.54, 1.807) is 19.4 Å². The van der Waals surface area contributed by atoms with E-state index in [2.05, 4.69) is 30.9 Å². The molecule has 108 valence electrons. The largest absolute Gasteiger partial charge is 0.481 e. The fourth-order valence-electron chi connectivity index (χ4n) is 2.18. The van der Waals surface area contributed by atoms with Gasteiger partial charge in [-0.3, -0.25) is 0 Å². The number of fused-ring (bicyclic) bond motifs is 1. The zero-order valence-corrected chi connectivity index (χ0v) is 11.9. The van der Waals surface area contributed by atoms with E-state index in [0.29, 0.717) is 11.8 Å². The minimum Gasteiger partial charge on any atom is -0.481 e. The van der Waals surface area contributed by atoms with Crippen LogP contribution in [0.25, 0.3) is 11.0 Å². The summed E-state index contributed by atoms with van der Waals surface area (Å²) >= 11 is 0. The van der Waals surface area contributed by atoms with Crippen molar-refractivity contribution in [2.45, 2.75) is 13.0 Å². The van der Waals surface area contributed by atoms with Gasteiger partial charge in [0, 0.05) is 25.4 Å². The third-order valence-electron chi connectivity index (χ3n) is 3.23. The lowest BCUT2D eigenvalue weighted by Crippen LogP contribution is -2.08. The second kappa shape index (κ2) is 6.21. The Morgan fingerprint density at radius 2 is 2.10 bits per heavy atom. The molecule has 0 spiro atoms. The highest BCUT2D eigenvalue weighted by Crippen LogP contribution is 2.12. The van der Waals surface area contributed by atoms with Crippen LogP contribution in [0.5, 0.6) is 5.88 Å². The first-order valence-corrected chi connectivity index (χ1v) is 6.87. The number of ether oxygens (including phenoxy) is 1. The van der Waals surface area contributed by atoms with Gasteiger partial charge in [-0.1, -0.05) is 12.1 Å². The van der Waals surface area contributed by atoms with Gasteiger partial charge in [0.15, 0.2) is 0 Å². The Bertz CT molecular complexity index is 725. The SMILES string of the molecule is COc1ccnc(NCCCn2cnc3ccccc32)n1. The summed E-state index contributed by atoms with van der Waals surface area (Å²) in [5, 5.41) is 3.19. The van der Waals surface area contributed by atoms with Crippen molar-refractivity contribution in [1.82, 2.24) is 19.5 Å². The number of imidazole rings is 1. The average Bonchev–Trinajstić information content (AvgIpc) is 2.95. The predicted octanol–water partition coefficient (Wildman–Crippen LogP) is 2.34. The van der Waals surface area contributed by atoms with Crippen LogP contribution in [-0.2, 0) is 6.54 Å². The summed E-state index contributed by atoms with van der Waals surface area (Å²) in [5.41, 5.74) is 2.19. The lowest BCUT2D eigenvalue weighted by atomic mass is 10.3. The van der Waals surface area contributed by atoms with Crippen molar-refractivity contribution in [3.05, 3.63) is 42.9 Å². The van der Waals surface area contributed by atoms with E-state index in [1.165, 1.54) is 0 Å². The van der Waals surface area contributed by atoms with Crippen molar-refractivity contribution in [3.8, 4) is 5.88 Å². The Balaban J connectivity index is 1.54. The summed E-state index contributed by atoms with van der Waals surface area (Å²) in [7, 11) is 1.59. The van der Waals surface area contributed by atoms with Crippen molar-refractivity contribution in [2.24, 2.45) is 0 Å². The molecule has 1 N–H and O–H groups in total. The molecule has 21 heavy (non-hydrogen) atoms. The number of nitrogens with zero attached hydrogens (tertiary/aromatic N) is 4. The Kier molecular flexibility index (Phi) is 3.95. The second-order valence-electron chi connectivity index (χ2n) is 4.63. The monoisotopic (exact) mass is 283 g/mol.